The van der Waals surface area contributed by atoms with Crippen molar-refractivity contribution in [3.63, 3.8) is 0 Å². The molecule has 2 aromatic rings. The van der Waals surface area contributed by atoms with Crippen LogP contribution in [0.25, 0.3) is 0 Å². The number of carbonyl (C=O) groups is 3. The smallest absolute Gasteiger partial charge is 0.342 e. The fraction of sp³-hybridized carbons (Fsp3) is 0.333. The highest BCUT2D eigenvalue weighted by Crippen LogP contribution is 2.32. The number of nitrogens with zero attached hydrogens (tertiary/aromatic N) is 1. The number of hydrogen-bond acceptors (Lipinski definition) is 9. The van der Waals surface area contributed by atoms with Crippen molar-refractivity contribution in [2.24, 2.45) is 0 Å². The molecule has 0 amide bonds. The summed E-state index contributed by atoms with van der Waals surface area (Å²) in [5.74, 6) is -1.60. The molecule has 0 bridgehead atoms. The van der Waals surface area contributed by atoms with Gasteiger partial charge in [0.15, 0.2) is 12.2 Å². The van der Waals surface area contributed by atoms with Crippen molar-refractivity contribution in [3.8, 4) is 5.75 Å². The first-order valence-electron chi connectivity index (χ1n) is 9.35. The third-order valence-corrected chi connectivity index (χ3v) is 4.76. The molecular weight excluding hydrogens is 394 g/mol. The van der Waals surface area contributed by atoms with Crippen molar-refractivity contribution >= 4 is 17.9 Å². The highest BCUT2D eigenvalue weighted by atomic mass is 16.7. The van der Waals surface area contributed by atoms with E-state index in [4.69, 9.17) is 23.7 Å². The predicted molar refractivity (Wildman–Crippen MR) is 99.9 cm³/mol. The topological polar surface area (TPSA) is 110 Å². The van der Waals surface area contributed by atoms with Crippen LogP contribution >= 0.6 is 0 Å². The molecule has 2 saturated heterocycles. The van der Waals surface area contributed by atoms with Crippen molar-refractivity contribution in [3.05, 3.63) is 59.9 Å². The van der Waals surface area contributed by atoms with Crippen LogP contribution in [-0.4, -0.2) is 60.5 Å². The van der Waals surface area contributed by atoms with Crippen molar-refractivity contribution in [2.75, 3.05) is 13.2 Å². The molecule has 0 aliphatic carbocycles. The van der Waals surface area contributed by atoms with Gasteiger partial charge in [0.2, 0.25) is 0 Å². The summed E-state index contributed by atoms with van der Waals surface area (Å²) in [6.45, 7) is 1.47. The van der Waals surface area contributed by atoms with Gasteiger partial charge >= 0.3 is 17.9 Å². The second-order valence-electron chi connectivity index (χ2n) is 6.81. The normalized spacial score (nSPS) is 24.7. The minimum absolute atomic E-state index is 0.0973. The summed E-state index contributed by atoms with van der Waals surface area (Å²) in [6, 6.07) is 9.39. The van der Waals surface area contributed by atoms with E-state index < -0.39 is 42.3 Å². The summed E-state index contributed by atoms with van der Waals surface area (Å²) in [5.41, 5.74) is 0.492. The summed E-state index contributed by atoms with van der Waals surface area (Å²) in [5, 5.41) is 0. The van der Waals surface area contributed by atoms with Crippen LogP contribution < -0.4 is 4.74 Å². The zero-order valence-electron chi connectivity index (χ0n) is 16.1. The number of hydrogen-bond donors (Lipinski definition) is 0. The van der Waals surface area contributed by atoms with Gasteiger partial charge in [0.1, 0.15) is 23.5 Å². The summed E-state index contributed by atoms with van der Waals surface area (Å²) in [4.78, 5) is 40.0. The van der Waals surface area contributed by atoms with Crippen molar-refractivity contribution in [1.82, 2.24) is 4.98 Å². The number of aromatic nitrogens is 1. The van der Waals surface area contributed by atoms with Crippen LogP contribution in [0.2, 0.25) is 0 Å². The van der Waals surface area contributed by atoms with Crippen LogP contribution in [0.5, 0.6) is 5.75 Å². The number of fused-ring (bicyclic) bond motifs is 1. The molecule has 30 heavy (non-hydrogen) atoms. The number of carbonyl (C=O) groups excluding carboxylic acids is 3. The molecule has 0 spiro atoms. The molecule has 2 aliphatic rings. The molecular formula is C21H19NO8. The molecule has 0 radical (unpaired) electrons. The standard InChI is InChI=1S/C21H19NO8/c1-12(23)28-15-5-3-2-4-14(15)21(25)30-17-11-27-18-16(10-26-19(17)18)29-20(24)13-6-8-22-9-7-13/h2-9,16-19H,10-11H2,1H3/t16-,17?,18-,19-/m1/s1. The quantitative estimate of drug-likeness (QED) is 0.532. The fourth-order valence-electron chi connectivity index (χ4n) is 3.40. The van der Waals surface area contributed by atoms with E-state index in [0.717, 1.165) is 0 Å². The number of pyridine rings is 1. The van der Waals surface area contributed by atoms with Gasteiger partial charge in [0, 0.05) is 19.3 Å². The van der Waals surface area contributed by atoms with Crippen LogP contribution in [0.15, 0.2) is 48.8 Å². The number of rotatable bonds is 5. The van der Waals surface area contributed by atoms with Gasteiger partial charge in [0.05, 0.1) is 18.8 Å². The highest BCUT2D eigenvalue weighted by Gasteiger charge is 2.51. The van der Waals surface area contributed by atoms with Crippen LogP contribution in [0.3, 0.4) is 0 Å². The van der Waals surface area contributed by atoms with Gasteiger partial charge in [-0.3, -0.25) is 9.78 Å². The highest BCUT2D eigenvalue weighted by molar-refractivity contribution is 5.93. The second-order valence-corrected chi connectivity index (χ2v) is 6.81. The minimum atomic E-state index is -0.683. The van der Waals surface area contributed by atoms with Gasteiger partial charge in [0.25, 0.3) is 0 Å². The molecule has 0 N–H and O–H groups in total. The van der Waals surface area contributed by atoms with Gasteiger partial charge in [-0.15, -0.1) is 0 Å². The predicted octanol–water partition coefficient (Wildman–Crippen LogP) is 1.56. The van der Waals surface area contributed by atoms with Crippen LogP contribution in [0.4, 0.5) is 0 Å². The van der Waals surface area contributed by atoms with E-state index in [9.17, 15) is 14.4 Å². The maximum absolute atomic E-state index is 12.6. The number of benzene rings is 1. The van der Waals surface area contributed by atoms with E-state index in [2.05, 4.69) is 4.98 Å². The zero-order valence-corrected chi connectivity index (χ0v) is 16.1. The first-order chi connectivity index (χ1) is 14.5. The van der Waals surface area contributed by atoms with E-state index in [-0.39, 0.29) is 24.5 Å². The molecule has 9 nitrogen and oxygen atoms in total. The lowest BCUT2D eigenvalue weighted by Gasteiger charge is -2.18. The van der Waals surface area contributed by atoms with Crippen molar-refractivity contribution < 1.29 is 38.1 Å². The Hall–Kier alpha value is -3.30. The lowest BCUT2D eigenvalue weighted by Crippen LogP contribution is -2.36. The molecule has 1 aromatic heterocycles. The molecule has 3 heterocycles. The lowest BCUT2D eigenvalue weighted by atomic mass is 10.1. The molecule has 4 atom stereocenters. The summed E-state index contributed by atoms with van der Waals surface area (Å²) >= 11 is 0. The van der Waals surface area contributed by atoms with Crippen LogP contribution in [-0.2, 0) is 23.7 Å². The Morgan fingerprint density at radius 3 is 2.13 bits per heavy atom. The summed E-state index contributed by atoms with van der Waals surface area (Å²) in [7, 11) is 0. The molecule has 9 heteroatoms. The molecule has 4 rings (SSSR count). The molecule has 2 aliphatic heterocycles. The van der Waals surface area contributed by atoms with E-state index in [0.29, 0.717) is 5.56 Å². The van der Waals surface area contributed by atoms with Gasteiger partial charge in [-0.2, -0.15) is 0 Å². The third-order valence-electron chi connectivity index (χ3n) is 4.76. The average Bonchev–Trinajstić information content (AvgIpc) is 3.32. The third kappa shape index (κ3) is 4.17. The molecule has 156 valence electrons. The van der Waals surface area contributed by atoms with Gasteiger partial charge < -0.3 is 23.7 Å². The summed E-state index contributed by atoms with van der Waals surface area (Å²) < 4.78 is 27.5. The van der Waals surface area contributed by atoms with Gasteiger partial charge in [-0.05, 0) is 24.3 Å². The van der Waals surface area contributed by atoms with Crippen molar-refractivity contribution in [1.29, 1.82) is 0 Å². The van der Waals surface area contributed by atoms with E-state index >= 15 is 0 Å². The second kappa shape index (κ2) is 8.60. The number of ether oxygens (including phenoxy) is 5. The Balaban J connectivity index is 1.39. The largest absolute Gasteiger partial charge is 0.453 e. The zero-order chi connectivity index (χ0) is 21.1. The Bertz CT molecular complexity index is 947. The number of para-hydroxylation sites is 1. The van der Waals surface area contributed by atoms with E-state index in [1.54, 1.807) is 24.3 Å². The average molecular weight is 413 g/mol. The first-order valence-corrected chi connectivity index (χ1v) is 9.35. The van der Waals surface area contributed by atoms with E-state index in [1.807, 2.05) is 0 Å². The Kier molecular flexibility index (Phi) is 5.73. The fourth-order valence-corrected chi connectivity index (χ4v) is 3.40. The Morgan fingerprint density at radius 2 is 1.50 bits per heavy atom. The summed E-state index contributed by atoms with van der Waals surface area (Å²) in [6.07, 6.45) is 0.590. The molecule has 1 aromatic carbocycles. The monoisotopic (exact) mass is 413 g/mol. The lowest BCUT2D eigenvalue weighted by molar-refractivity contribution is -0.131. The molecule has 0 saturated carbocycles. The van der Waals surface area contributed by atoms with E-state index in [1.165, 1.54) is 31.5 Å². The van der Waals surface area contributed by atoms with Gasteiger partial charge in [-0.25, -0.2) is 9.59 Å². The van der Waals surface area contributed by atoms with Crippen LogP contribution in [0, 0.1) is 0 Å². The Morgan fingerprint density at radius 1 is 0.900 bits per heavy atom. The maximum atomic E-state index is 12.6. The van der Waals surface area contributed by atoms with Crippen LogP contribution in [0.1, 0.15) is 27.6 Å². The van der Waals surface area contributed by atoms with Crippen molar-refractivity contribution in [2.45, 2.75) is 31.3 Å². The molecule has 2 fully saturated rings. The SMILES string of the molecule is CC(=O)Oc1ccccc1C(=O)OC1CO[C@H]2[C@@H]1OC[C@H]2OC(=O)c1ccncc1. The first kappa shape index (κ1) is 20.0. The molecule has 1 unspecified atom stereocenters. The Labute approximate surface area is 171 Å². The minimum Gasteiger partial charge on any atom is -0.453 e. The number of esters is 3. The maximum Gasteiger partial charge on any atom is 0.342 e. The van der Waals surface area contributed by atoms with Gasteiger partial charge in [-0.1, -0.05) is 12.1 Å².